The van der Waals surface area contributed by atoms with Gasteiger partial charge in [-0.15, -0.1) is 0 Å². The second-order valence-electron chi connectivity index (χ2n) is 15.9. The molecule has 11 nitrogen and oxygen atoms in total. The molecule has 0 heterocycles. The Bertz CT molecular complexity index is 1790. The lowest BCUT2D eigenvalue weighted by molar-refractivity contribution is -0.163. The van der Waals surface area contributed by atoms with Crippen molar-refractivity contribution in [2.75, 3.05) is 35.3 Å². The number of methoxy groups -OCH3 is 1. The van der Waals surface area contributed by atoms with E-state index < -0.39 is 53.9 Å². The van der Waals surface area contributed by atoms with Crippen LogP contribution in [-0.4, -0.2) is 109 Å². The standard InChI is InChI=1S/C46H63N3O8/c1-12-32(6)42(57-46(55)39(47(7)8)26-33-17-13-30(4)14-18-33)41(51)28-37(29(2)3)43(52)48(9)38(25-35-21-23-36(50)24-22-35)44(53)49(10)40(45(54)56-11)27-34-19-15-31(5)16-20-34/h13-24,29,32,37-40,42,50H,12,25-28H2,1-11H3/t32-,37+,38+,39+,40+,42+/m0/s1. The average Bonchev–Trinajstić information content (AvgIpc) is 3.19. The molecule has 0 unspecified atom stereocenters. The topological polar surface area (TPSA) is 134 Å². The van der Waals surface area contributed by atoms with E-state index in [1.807, 2.05) is 90.1 Å². The molecule has 0 saturated heterocycles. The number of amides is 2. The highest BCUT2D eigenvalue weighted by atomic mass is 16.5. The summed E-state index contributed by atoms with van der Waals surface area (Å²) in [6.07, 6.45) is -0.0562. The van der Waals surface area contributed by atoms with Gasteiger partial charge in [0.2, 0.25) is 11.8 Å². The molecule has 0 aliphatic rings. The Labute approximate surface area is 339 Å². The highest BCUT2D eigenvalue weighted by Crippen LogP contribution is 2.26. The minimum atomic E-state index is -1.08. The summed E-state index contributed by atoms with van der Waals surface area (Å²) in [5.74, 6) is -3.85. The van der Waals surface area contributed by atoms with Crippen LogP contribution in [-0.2, 0) is 52.7 Å². The molecular formula is C46H63N3O8. The smallest absolute Gasteiger partial charge is 0.328 e. The fourth-order valence-electron chi connectivity index (χ4n) is 6.79. The van der Waals surface area contributed by atoms with Crippen LogP contribution in [0.2, 0.25) is 0 Å². The first kappa shape index (κ1) is 46.4. The molecule has 0 fully saturated rings. The predicted octanol–water partition coefficient (Wildman–Crippen LogP) is 5.98. The Morgan fingerprint density at radius 1 is 0.632 bits per heavy atom. The number of ketones is 1. The van der Waals surface area contributed by atoms with Crippen LogP contribution in [0, 0.1) is 31.6 Å². The van der Waals surface area contributed by atoms with Crippen LogP contribution in [0.3, 0.4) is 0 Å². The zero-order valence-corrected chi connectivity index (χ0v) is 35.7. The molecule has 0 aromatic heterocycles. The molecule has 0 aliphatic carbocycles. The number of benzene rings is 3. The third kappa shape index (κ3) is 13.0. The third-order valence-electron chi connectivity index (χ3n) is 11.0. The highest BCUT2D eigenvalue weighted by molar-refractivity contribution is 5.94. The van der Waals surface area contributed by atoms with Gasteiger partial charge in [-0.25, -0.2) is 4.79 Å². The van der Waals surface area contributed by atoms with E-state index in [-0.39, 0.29) is 42.6 Å². The van der Waals surface area contributed by atoms with E-state index in [4.69, 9.17) is 9.47 Å². The third-order valence-corrected chi connectivity index (χ3v) is 11.0. The summed E-state index contributed by atoms with van der Waals surface area (Å²) < 4.78 is 11.2. The molecular weight excluding hydrogens is 723 g/mol. The number of likely N-dealkylation sites (N-methyl/N-ethyl adjacent to an activating group) is 3. The van der Waals surface area contributed by atoms with Crippen LogP contribution in [0.4, 0.5) is 0 Å². The van der Waals surface area contributed by atoms with Crippen LogP contribution in [0.25, 0.3) is 0 Å². The molecule has 1 N–H and O–H groups in total. The first-order valence-corrected chi connectivity index (χ1v) is 19.8. The molecule has 0 aliphatic heterocycles. The van der Waals surface area contributed by atoms with Gasteiger partial charge < -0.3 is 24.4 Å². The summed E-state index contributed by atoms with van der Waals surface area (Å²) in [5.41, 5.74) is 4.63. The summed E-state index contributed by atoms with van der Waals surface area (Å²) in [6.45, 7) is 11.4. The number of aryl methyl sites for hydroxylation is 2. The van der Waals surface area contributed by atoms with Crippen LogP contribution < -0.4 is 0 Å². The number of aromatic hydroxyl groups is 1. The second kappa shape index (κ2) is 21.5. The maximum Gasteiger partial charge on any atom is 0.328 e. The van der Waals surface area contributed by atoms with Gasteiger partial charge in [-0.1, -0.05) is 99.5 Å². The molecule has 0 radical (unpaired) electrons. The van der Waals surface area contributed by atoms with Gasteiger partial charge in [-0.05, 0) is 75.5 Å². The van der Waals surface area contributed by atoms with Gasteiger partial charge in [0.25, 0.3) is 0 Å². The van der Waals surface area contributed by atoms with Crippen molar-refractivity contribution in [3.63, 3.8) is 0 Å². The van der Waals surface area contributed by atoms with Crippen molar-refractivity contribution in [3.05, 3.63) is 101 Å². The van der Waals surface area contributed by atoms with Crippen molar-refractivity contribution in [1.82, 2.24) is 14.7 Å². The van der Waals surface area contributed by atoms with Gasteiger partial charge in [0, 0.05) is 45.2 Å². The quantitative estimate of drug-likeness (QED) is 0.137. The van der Waals surface area contributed by atoms with Gasteiger partial charge in [0.15, 0.2) is 11.9 Å². The molecule has 0 spiro atoms. The number of carbonyl (C=O) groups is 5. The van der Waals surface area contributed by atoms with Crippen molar-refractivity contribution in [2.45, 2.75) is 97.9 Å². The number of phenolic OH excluding ortho intramolecular Hbond substituents is 1. The first-order valence-electron chi connectivity index (χ1n) is 19.8. The van der Waals surface area contributed by atoms with Gasteiger partial charge in [0.1, 0.15) is 23.9 Å². The van der Waals surface area contributed by atoms with E-state index in [0.717, 1.165) is 22.3 Å². The molecule has 11 heteroatoms. The first-order chi connectivity index (χ1) is 26.9. The van der Waals surface area contributed by atoms with Gasteiger partial charge in [0.05, 0.1) is 7.11 Å². The van der Waals surface area contributed by atoms with E-state index >= 15 is 0 Å². The molecule has 0 saturated carbocycles. The number of esters is 2. The minimum Gasteiger partial charge on any atom is -0.508 e. The number of Topliss-reactive ketones (excluding diaryl/α,β-unsaturated/α-hetero) is 1. The number of carbonyl (C=O) groups excluding carboxylic acids is 5. The molecule has 3 aromatic rings. The largest absolute Gasteiger partial charge is 0.508 e. The molecule has 2 amide bonds. The van der Waals surface area contributed by atoms with E-state index in [0.29, 0.717) is 18.4 Å². The van der Waals surface area contributed by atoms with Crippen molar-refractivity contribution in [2.24, 2.45) is 17.8 Å². The van der Waals surface area contributed by atoms with Crippen LogP contribution in [0.15, 0.2) is 72.8 Å². The molecule has 6 atom stereocenters. The Kier molecular flexibility index (Phi) is 17.5. The zero-order chi connectivity index (χ0) is 42.6. The van der Waals surface area contributed by atoms with Gasteiger partial charge >= 0.3 is 11.9 Å². The lowest BCUT2D eigenvalue weighted by Gasteiger charge is -2.36. The van der Waals surface area contributed by atoms with E-state index in [1.54, 1.807) is 31.1 Å². The van der Waals surface area contributed by atoms with Crippen molar-refractivity contribution >= 4 is 29.5 Å². The highest BCUT2D eigenvalue weighted by Gasteiger charge is 2.40. The summed E-state index contributed by atoms with van der Waals surface area (Å²) in [5, 5.41) is 9.95. The summed E-state index contributed by atoms with van der Waals surface area (Å²) in [7, 11) is 7.92. The lowest BCUT2D eigenvalue weighted by Crippen LogP contribution is -2.55. The molecule has 57 heavy (non-hydrogen) atoms. The number of hydrogen-bond acceptors (Lipinski definition) is 9. The summed E-state index contributed by atoms with van der Waals surface area (Å²) >= 11 is 0. The van der Waals surface area contributed by atoms with E-state index in [2.05, 4.69) is 0 Å². The fourth-order valence-corrected chi connectivity index (χ4v) is 6.79. The SMILES string of the molecule is CC[C@H](C)[C@@H](OC(=O)[C@@H](Cc1ccc(C)cc1)N(C)C)C(=O)C[C@@H](C(=O)N(C)[C@H](Cc1ccc(O)cc1)C(=O)N(C)[C@H](Cc1ccc(C)cc1)C(=O)OC)C(C)C. The monoisotopic (exact) mass is 785 g/mol. The van der Waals surface area contributed by atoms with Crippen molar-refractivity contribution < 1.29 is 38.6 Å². The molecule has 0 bridgehead atoms. The Morgan fingerprint density at radius 2 is 1.07 bits per heavy atom. The van der Waals surface area contributed by atoms with Crippen molar-refractivity contribution in [1.29, 1.82) is 0 Å². The van der Waals surface area contributed by atoms with Crippen LogP contribution >= 0.6 is 0 Å². The average molecular weight is 786 g/mol. The Balaban J connectivity index is 1.93. The van der Waals surface area contributed by atoms with Crippen LogP contribution in [0.1, 0.15) is 68.4 Å². The second-order valence-corrected chi connectivity index (χ2v) is 15.9. The van der Waals surface area contributed by atoms with Crippen molar-refractivity contribution in [3.8, 4) is 5.75 Å². The number of hydrogen-bond donors (Lipinski definition) is 1. The number of nitrogens with zero attached hydrogens (tertiary/aromatic N) is 3. The zero-order valence-electron chi connectivity index (χ0n) is 35.7. The minimum absolute atomic E-state index is 0.0500. The molecule has 3 aromatic carbocycles. The Morgan fingerprint density at radius 3 is 1.51 bits per heavy atom. The Hall–Kier alpha value is -5.03. The normalized spacial score (nSPS) is 14.5. The predicted molar refractivity (Wildman–Crippen MR) is 221 cm³/mol. The number of ether oxygens (including phenoxy) is 2. The number of phenols is 1. The fraction of sp³-hybridized carbons (Fsp3) is 0.500. The number of rotatable bonds is 20. The molecule has 3 rings (SSSR count). The maximum atomic E-state index is 14.6. The summed E-state index contributed by atoms with van der Waals surface area (Å²) in [4.78, 5) is 74.7. The van der Waals surface area contributed by atoms with Crippen LogP contribution in [0.5, 0.6) is 5.75 Å². The maximum absolute atomic E-state index is 14.6. The van der Waals surface area contributed by atoms with E-state index in [1.165, 1.54) is 43.1 Å². The van der Waals surface area contributed by atoms with Gasteiger partial charge in [-0.3, -0.25) is 24.1 Å². The summed E-state index contributed by atoms with van der Waals surface area (Å²) in [6, 6.07) is 19.2. The van der Waals surface area contributed by atoms with Gasteiger partial charge in [-0.2, -0.15) is 0 Å². The molecule has 310 valence electrons. The van der Waals surface area contributed by atoms with E-state index in [9.17, 15) is 29.1 Å². The lowest BCUT2D eigenvalue weighted by atomic mass is 9.85.